The van der Waals surface area contributed by atoms with E-state index in [4.69, 9.17) is 21.1 Å². The van der Waals surface area contributed by atoms with E-state index < -0.39 is 0 Å². The van der Waals surface area contributed by atoms with Crippen LogP contribution in [0.1, 0.15) is 12.5 Å². The normalized spacial score (nSPS) is 9.94. The molecule has 0 amide bonds. The molecule has 0 atom stereocenters. The number of hydrogen-bond acceptors (Lipinski definition) is 3. The maximum absolute atomic E-state index is 11.1. The molecule has 3 nitrogen and oxygen atoms in total. The zero-order valence-corrected chi connectivity index (χ0v) is 11.2. The second-order valence-corrected chi connectivity index (χ2v) is 4.16. The minimum Gasteiger partial charge on any atom is -0.482 e. The third-order valence-corrected chi connectivity index (χ3v) is 2.60. The van der Waals surface area contributed by atoms with E-state index in [1.54, 1.807) is 13.0 Å². The van der Waals surface area contributed by atoms with Gasteiger partial charge in [-0.05, 0) is 25.1 Å². The lowest BCUT2D eigenvalue weighted by molar-refractivity contribution is -0.145. The predicted octanol–water partition coefficient (Wildman–Crippen LogP) is 3.13. The smallest absolute Gasteiger partial charge is 0.344 e. The van der Waals surface area contributed by atoms with Gasteiger partial charge in [-0.1, -0.05) is 15.9 Å². The Kier molecular flexibility index (Phi) is 5.63. The first-order valence-corrected chi connectivity index (χ1v) is 6.13. The Bertz CT molecular complexity index is 368. The Morgan fingerprint density at radius 2 is 2.25 bits per heavy atom. The summed E-state index contributed by atoms with van der Waals surface area (Å²) < 4.78 is 11.0. The second kappa shape index (κ2) is 6.76. The summed E-state index contributed by atoms with van der Waals surface area (Å²) in [5, 5.41) is 0. The first-order chi connectivity index (χ1) is 7.67. The van der Waals surface area contributed by atoms with Crippen molar-refractivity contribution in [3.63, 3.8) is 0 Å². The number of halogens is 2. The Hall–Kier alpha value is -0.740. The molecule has 0 spiro atoms. The predicted molar refractivity (Wildman–Crippen MR) is 65.8 cm³/mol. The minimum atomic E-state index is -0.383. The van der Waals surface area contributed by atoms with E-state index >= 15 is 0 Å². The van der Waals surface area contributed by atoms with E-state index in [9.17, 15) is 4.79 Å². The van der Waals surface area contributed by atoms with Crippen molar-refractivity contribution in [1.82, 2.24) is 0 Å². The van der Waals surface area contributed by atoms with Gasteiger partial charge in [-0.3, -0.25) is 0 Å². The van der Waals surface area contributed by atoms with Crippen molar-refractivity contribution in [2.24, 2.45) is 0 Å². The lowest BCUT2D eigenvalue weighted by atomic mass is 10.2. The van der Waals surface area contributed by atoms with Crippen molar-refractivity contribution in [2.45, 2.75) is 12.8 Å². The molecule has 1 rings (SSSR count). The van der Waals surface area contributed by atoms with E-state index in [-0.39, 0.29) is 12.6 Å². The van der Waals surface area contributed by atoms with Gasteiger partial charge >= 0.3 is 5.97 Å². The van der Waals surface area contributed by atoms with Gasteiger partial charge in [0.15, 0.2) is 6.61 Å². The molecule has 0 N–H and O–H groups in total. The maximum atomic E-state index is 11.1. The highest BCUT2D eigenvalue weighted by molar-refractivity contribution is 9.10. The molecule has 0 aliphatic carbocycles. The zero-order valence-electron chi connectivity index (χ0n) is 8.83. The average Bonchev–Trinajstić information content (AvgIpc) is 2.27. The van der Waals surface area contributed by atoms with Crippen molar-refractivity contribution in [3.05, 3.63) is 28.2 Å². The molecular weight excluding hydrogens is 295 g/mol. The summed E-state index contributed by atoms with van der Waals surface area (Å²) in [6.45, 7) is 2.01. The molecule has 88 valence electrons. The van der Waals surface area contributed by atoms with Crippen molar-refractivity contribution >= 4 is 33.5 Å². The third-order valence-electron chi connectivity index (χ3n) is 1.82. The molecule has 0 aliphatic heterocycles. The van der Waals surface area contributed by atoms with Gasteiger partial charge < -0.3 is 9.47 Å². The topological polar surface area (TPSA) is 35.5 Å². The van der Waals surface area contributed by atoms with Crippen LogP contribution >= 0.6 is 27.5 Å². The molecule has 5 heteroatoms. The molecule has 0 unspecified atom stereocenters. The molecule has 0 bridgehead atoms. The van der Waals surface area contributed by atoms with E-state index in [0.29, 0.717) is 18.2 Å². The number of alkyl halides is 1. The van der Waals surface area contributed by atoms with Gasteiger partial charge in [0.25, 0.3) is 0 Å². The molecule has 1 aromatic rings. The standard InChI is InChI=1S/C11H12BrClO3/c1-2-15-11(14)7-16-10-4-3-9(12)5-8(10)6-13/h3-5H,2,6-7H2,1H3. The molecule has 0 radical (unpaired) electrons. The van der Waals surface area contributed by atoms with Gasteiger partial charge in [0.1, 0.15) is 5.75 Å². The molecular formula is C11H12BrClO3. The fraction of sp³-hybridized carbons (Fsp3) is 0.364. The molecule has 16 heavy (non-hydrogen) atoms. The maximum Gasteiger partial charge on any atom is 0.344 e. The van der Waals surface area contributed by atoms with Crippen molar-refractivity contribution in [1.29, 1.82) is 0 Å². The van der Waals surface area contributed by atoms with E-state index in [0.717, 1.165) is 10.0 Å². The highest BCUT2D eigenvalue weighted by Gasteiger charge is 2.07. The summed E-state index contributed by atoms with van der Waals surface area (Å²) >= 11 is 9.10. The summed E-state index contributed by atoms with van der Waals surface area (Å²) in [5.74, 6) is 0.551. The molecule has 0 aromatic heterocycles. The number of rotatable bonds is 5. The van der Waals surface area contributed by atoms with Crippen LogP contribution < -0.4 is 4.74 Å². The monoisotopic (exact) mass is 306 g/mol. The highest BCUT2D eigenvalue weighted by atomic mass is 79.9. The van der Waals surface area contributed by atoms with Crippen LogP contribution in [0.4, 0.5) is 0 Å². The van der Waals surface area contributed by atoms with Crippen LogP contribution in [0.3, 0.4) is 0 Å². The molecule has 1 aromatic carbocycles. The molecule has 0 saturated carbocycles. The molecule has 0 heterocycles. The quantitative estimate of drug-likeness (QED) is 0.619. The Morgan fingerprint density at radius 3 is 2.88 bits per heavy atom. The minimum absolute atomic E-state index is 0.0979. The van der Waals surface area contributed by atoms with E-state index in [1.165, 1.54) is 0 Å². The molecule has 0 fully saturated rings. The first-order valence-electron chi connectivity index (χ1n) is 4.80. The van der Waals surface area contributed by atoms with Crippen LogP contribution in [-0.4, -0.2) is 19.2 Å². The van der Waals surface area contributed by atoms with Crippen LogP contribution in [-0.2, 0) is 15.4 Å². The largest absolute Gasteiger partial charge is 0.482 e. The second-order valence-electron chi connectivity index (χ2n) is 2.98. The number of ether oxygens (including phenoxy) is 2. The Morgan fingerprint density at radius 1 is 1.50 bits per heavy atom. The lowest BCUT2D eigenvalue weighted by Gasteiger charge is -2.09. The number of esters is 1. The number of hydrogen-bond donors (Lipinski definition) is 0. The van der Waals surface area contributed by atoms with Crippen molar-refractivity contribution < 1.29 is 14.3 Å². The van der Waals surface area contributed by atoms with Gasteiger partial charge in [-0.25, -0.2) is 4.79 Å². The summed E-state index contributed by atoms with van der Waals surface area (Å²) in [6.07, 6.45) is 0. The SMILES string of the molecule is CCOC(=O)COc1ccc(Br)cc1CCl. The molecule has 0 saturated heterocycles. The van der Waals surface area contributed by atoms with Gasteiger partial charge in [-0.2, -0.15) is 0 Å². The third kappa shape index (κ3) is 4.02. The Balaban J connectivity index is 2.63. The summed E-state index contributed by atoms with van der Waals surface area (Å²) in [5.41, 5.74) is 0.834. The van der Waals surface area contributed by atoms with Gasteiger partial charge in [-0.15, -0.1) is 11.6 Å². The zero-order chi connectivity index (χ0) is 12.0. The highest BCUT2D eigenvalue weighted by Crippen LogP contribution is 2.24. The fourth-order valence-electron chi connectivity index (χ4n) is 1.13. The fourth-order valence-corrected chi connectivity index (χ4v) is 1.75. The van der Waals surface area contributed by atoms with E-state index in [2.05, 4.69) is 15.9 Å². The average molecular weight is 308 g/mol. The lowest BCUT2D eigenvalue weighted by Crippen LogP contribution is -2.15. The number of carbonyl (C=O) groups is 1. The van der Waals surface area contributed by atoms with Crippen molar-refractivity contribution in [3.8, 4) is 5.75 Å². The van der Waals surface area contributed by atoms with Gasteiger partial charge in [0, 0.05) is 10.0 Å². The summed E-state index contributed by atoms with van der Waals surface area (Å²) in [6, 6.07) is 5.45. The van der Waals surface area contributed by atoms with Crippen LogP contribution in [0.15, 0.2) is 22.7 Å². The van der Waals surface area contributed by atoms with Crippen LogP contribution in [0.2, 0.25) is 0 Å². The first kappa shape index (κ1) is 13.3. The Labute approximate surface area is 108 Å². The van der Waals surface area contributed by atoms with Crippen molar-refractivity contribution in [2.75, 3.05) is 13.2 Å². The van der Waals surface area contributed by atoms with Crippen LogP contribution in [0.5, 0.6) is 5.75 Å². The summed E-state index contributed by atoms with van der Waals surface area (Å²) in [4.78, 5) is 11.1. The van der Waals surface area contributed by atoms with E-state index in [1.807, 2.05) is 12.1 Å². The number of carbonyl (C=O) groups excluding carboxylic acids is 1. The van der Waals surface area contributed by atoms with Gasteiger partial charge in [0.05, 0.1) is 12.5 Å². The molecule has 0 aliphatic rings. The van der Waals surface area contributed by atoms with Gasteiger partial charge in [0.2, 0.25) is 0 Å². The van der Waals surface area contributed by atoms with Crippen LogP contribution in [0.25, 0.3) is 0 Å². The van der Waals surface area contributed by atoms with Crippen LogP contribution in [0, 0.1) is 0 Å². The summed E-state index contributed by atoms with van der Waals surface area (Å²) in [7, 11) is 0. The number of benzene rings is 1.